The number of fused-ring (bicyclic) bond motifs is 3. The van der Waals surface area contributed by atoms with Crippen LogP contribution in [0, 0.1) is 28.4 Å². The minimum absolute atomic E-state index is 0.0144. The van der Waals surface area contributed by atoms with Crippen LogP contribution in [0.25, 0.3) is 32.1 Å². The molecule has 4 fully saturated rings. The number of nitrogen functional groups attached to an aromatic ring is 1. The van der Waals surface area contributed by atoms with Crippen LogP contribution in [-0.4, -0.2) is 89.7 Å². The first-order valence-electron chi connectivity index (χ1n) is 17.8. The largest absolute Gasteiger partial charge is 0.461 e. The Labute approximate surface area is 311 Å². The third-order valence-electron chi connectivity index (χ3n) is 11.5. The van der Waals surface area contributed by atoms with Gasteiger partial charge in [-0.2, -0.15) is 15.2 Å². The van der Waals surface area contributed by atoms with Crippen molar-refractivity contribution < 1.29 is 31.5 Å². The molecule has 0 saturated carbocycles. The van der Waals surface area contributed by atoms with Gasteiger partial charge < -0.3 is 20.3 Å². The highest BCUT2D eigenvalue weighted by Gasteiger charge is 2.50. The summed E-state index contributed by atoms with van der Waals surface area (Å²) < 4.78 is 78.8. The number of amides is 1. The van der Waals surface area contributed by atoms with Crippen molar-refractivity contribution in [2.24, 2.45) is 5.41 Å². The number of anilines is 2. The quantitative estimate of drug-likeness (QED) is 0.181. The summed E-state index contributed by atoms with van der Waals surface area (Å²) in [5, 5.41) is 10.4. The molecule has 16 heteroatoms. The number of benzene rings is 2. The fraction of sp³-hybridized carbons (Fsp3) is 0.514. The zero-order valence-electron chi connectivity index (χ0n) is 28.7. The molecule has 1 amide bonds. The zero-order chi connectivity index (χ0) is 37.2. The van der Waals surface area contributed by atoms with Gasteiger partial charge in [0.05, 0.1) is 20.8 Å². The molecule has 2 atom stereocenters. The van der Waals surface area contributed by atoms with Crippen LogP contribution in [0.4, 0.5) is 32.8 Å². The van der Waals surface area contributed by atoms with E-state index in [1.54, 1.807) is 11.0 Å². The van der Waals surface area contributed by atoms with Crippen LogP contribution in [0.1, 0.15) is 56.9 Å². The van der Waals surface area contributed by atoms with E-state index in [1.807, 2.05) is 11.0 Å². The van der Waals surface area contributed by atoms with E-state index in [-0.39, 0.29) is 72.7 Å². The average Bonchev–Trinajstić information content (AvgIpc) is 3.69. The van der Waals surface area contributed by atoms with E-state index >= 15 is 4.39 Å². The molecule has 4 saturated heterocycles. The number of ether oxygens (including phenoxy) is 1. The number of halogens is 6. The van der Waals surface area contributed by atoms with Crippen LogP contribution in [0.2, 0.25) is 5.02 Å². The molecule has 0 bridgehead atoms. The third-order valence-corrected chi connectivity index (χ3v) is 12.8. The van der Waals surface area contributed by atoms with Crippen molar-refractivity contribution in [1.82, 2.24) is 19.8 Å². The summed E-state index contributed by atoms with van der Waals surface area (Å²) >= 11 is 7.79. The molecule has 0 aliphatic carbocycles. The number of nitrogens with two attached hydrogens (primary N) is 1. The molecule has 4 aliphatic rings. The lowest BCUT2D eigenvalue weighted by atomic mass is 9.75. The molecule has 2 aromatic carbocycles. The Morgan fingerprint density at radius 2 is 1.96 bits per heavy atom. The van der Waals surface area contributed by atoms with Gasteiger partial charge in [-0.15, -0.1) is 11.3 Å². The van der Waals surface area contributed by atoms with E-state index in [9.17, 15) is 27.6 Å². The van der Waals surface area contributed by atoms with Crippen molar-refractivity contribution in [3.8, 4) is 23.2 Å². The number of nitrogens with zero attached hydrogens (tertiary/aromatic N) is 6. The number of hydrogen-bond acceptors (Lipinski definition) is 9. The number of thiophene rings is 1. The molecule has 1 spiro atoms. The minimum Gasteiger partial charge on any atom is -0.461 e. The maximum Gasteiger partial charge on any atom is 0.319 e. The molecule has 0 radical (unpaired) electrons. The molecule has 53 heavy (non-hydrogen) atoms. The van der Waals surface area contributed by atoms with Crippen molar-refractivity contribution >= 4 is 60.7 Å². The van der Waals surface area contributed by atoms with Gasteiger partial charge in [-0.05, 0) is 49.9 Å². The summed E-state index contributed by atoms with van der Waals surface area (Å²) in [5.74, 6) is -1.36. The van der Waals surface area contributed by atoms with E-state index in [0.29, 0.717) is 50.3 Å². The number of rotatable bonds is 8. The standard InChI is InChI=1S/C37H37ClF5N7O2S/c38-24-12-22-31(30(43)29(24)21-4-5-25(40)32-28(21)23(14-44)33(45)53-32)46-35(52-19-37-9-3-11-50(37)15-20(39)13-37)47-34(22)48-10-2-1-8-36(16-48)17-49(18-36)27(51)7-6-26(41)42/h4-5,12,20,26H,1-3,6-11,13,15-19,45H2/t20-,37+/m1/s1. The van der Waals surface area contributed by atoms with Crippen LogP contribution in [0.15, 0.2) is 18.2 Å². The maximum atomic E-state index is 17.2. The Morgan fingerprint density at radius 1 is 1.15 bits per heavy atom. The normalized spacial score (nSPS) is 22.8. The second-order valence-corrected chi connectivity index (χ2v) is 16.4. The smallest absolute Gasteiger partial charge is 0.319 e. The number of likely N-dealkylation sites (tertiary alicyclic amines) is 1. The molecule has 2 N–H and O–H groups in total. The highest BCUT2D eigenvalue weighted by atomic mass is 35.5. The lowest BCUT2D eigenvalue weighted by molar-refractivity contribution is -0.144. The third kappa shape index (κ3) is 6.30. The van der Waals surface area contributed by atoms with Gasteiger partial charge in [-0.1, -0.05) is 24.1 Å². The molecule has 0 unspecified atom stereocenters. The molecule has 4 aromatic rings. The van der Waals surface area contributed by atoms with Crippen LogP contribution in [0.5, 0.6) is 6.01 Å². The van der Waals surface area contributed by atoms with Crippen LogP contribution in [0.3, 0.4) is 0 Å². The number of nitriles is 1. The van der Waals surface area contributed by atoms with E-state index in [4.69, 9.17) is 27.1 Å². The molecule has 280 valence electrons. The Kier molecular flexibility index (Phi) is 9.30. The fourth-order valence-electron chi connectivity index (χ4n) is 9.00. The van der Waals surface area contributed by atoms with Gasteiger partial charge in [0.1, 0.15) is 41.0 Å². The first-order valence-corrected chi connectivity index (χ1v) is 19.0. The second-order valence-electron chi connectivity index (χ2n) is 14.9. The lowest BCUT2D eigenvalue weighted by Crippen LogP contribution is -2.62. The van der Waals surface area contributed by atoms with Crippen LogP contribution < -0.4 is 15.4 Å². The Bertz CT molecular complexity index is 2160. The monoisotopic (exact) mass is 773 g/mol. The Balaban J connectivity index is 1.22. The summed E-state index contributed by atoms with van der Waals surface area (Å²) in [6.07, 6.45) is 0.168. The topological polar surface area (TPSA) is 112 Å². The van der Waals surface area contributed by atoms with Crippen molar-refractivity contribution in [2.75, 3.05) is 56.5 Å². The predicted molar refractivity (Wildman–Crippen MR) is 193 cm³/mol. The van der Waals surface area contributed by atoms with Gasteiger partial charge in [-0.3, -0.25) is 9.69 Å². The molecule has 8 rings (SSSR count). The first kappa shape index (κ1) is 36.0. The highest BCUT2D eigenvalue weighted by molar-refractivity contribution is 7.23. The van der Waals surface area contributed by atoms with Gasteiger partial charge >= 0.3 is 6.01 Å². The maximum absolute atomic E-state index is 17.2. The van der Waals surface area contributed by atoms with Gasteiger partial charge in [0, 0.05) is 73.7 Å². The van der Waals surface area contributed by atoms with Crippen molar-refractivity contribution in [1.29, 1.82) is 5.26 Å². The zero-order valence-corrected chi connectivity index (χ0v) is 30.3. The van der Waals surface area contributed by atoms with Crippen LogP contribution in [-0.2, 0) is 4.79 Å². The summed E-state index contributed by atoms with van der Waals surface area (Å²) in [6, 6.07) is 6.03. The van der Waals surface area contributed by atoms with Gasteiger partial charge in [0.25, 0.3) is 0 Å². The van der Waals surface area contributed by atoms with E-state index < -0.39 is 36.2 Å². The number of carbonyl (C=O) groups excluding carboxylic acids is 1. The molecular formula is C37H37ClF5N7O2S. The van der Waals surface area contributed by atoms with E-state index in [1.165, 1.54) is 12.1 Å². The Hall–Kier alpha value is -4.00. The first-order chi connectivity index (χ1) is 25.4. The second kappa shape index (κ2) is 13.7. The van der Waals surface area contributed by atoms with E-state index in [0.717, 1.165) is 50.0 Å². The lowest BCUT2D eigenvalue weighted by Gasteiger charge is -2.51. The summed E-state index contributed by atoms with van der Waals surface area (Å²) in [4.78, 5) is 27.8. The SMILES string of the molecule is N#Cc1c(N)sc2c(F)ccc(-c3c(Cl)cc4c(N5CCCCC6(CN(C(=O)CCC(F)F)C6)C5)nc(OC[C@@]56CCCN5C[C@H](F)C6)nc4c3F)c12. The van der Waals surface area contributed by atoms with Crippen molar-refractivity contribution in [3.05, 3.63) is 40.4 Å². The fourth-order valence-corrected chi connectivity index (χ4v) is 10.2. The van der Waals surface area contributed by atoms with Crippen molar-refractivity contribution in [2.45, 2.75) is 69.5 Å². The van der Waals surface area contributed by atoms with Gasteiger partial charge in [-0.25, -0.2) is 22.0 Å². The molecular weight excluding hydrogens is 737 g/mol. The van der Waals surface area contributed by atoms with E-state index in [2.05, 4.69) is 9.88 Å². The predicted octanol–water partition coefficient (Wildman–Crippen LogP) is 7.72. The molecule has 4 aliphatic heterocycles. The van der Waals surface area contributed by atoms with Gasteiger partial charge in [0.15, 0.2) is 5.82 Å². The Morgan fingerprint density at radius 3 is 2.74 bits per heavy atom. The molecule has 2 aromatic heterocycles. The van der Waals surface area contributed by atoms with Crippen LogP contribution >= 0.6 is 22.9 Å². The van der Waals surface area contributed by atoms with Gasteiger partial charge in [0.2, 0.25) is 12.3 Å². The summed E-state index contributed by atoms with van der Waals surface area (Å²) in [6.45, 7) is 3.01. The summed E-state index contributed by atoms with van der Waals surface area (Å²) in [5.41, 5.74) is 5.24. The number of aromatic nitrogens is 2. The molecule has 6 heterocycles. The van der Waals surface area contributed by atoms with Crippen molar-refractivity contribution in [3.63, 3.8) is 0 Å². The number of alkyl halides is 3. The minimum atomic E-state index is -2.55. The highest BCUT2D eigenvalue weighted by Crippen LogP contribution is 2.47. The number of hydrogen-bond donors (Lipinski definition) is 1. The average molecular weight is 774 g/mol. The molecule has 9 nitrogen and oxygen atoms in total. The summed E-state index contributed by atoms with van der Waals surface area (Å²) in [7, 11) is 0. The number of carbonyl (C=O) groups is 1.